The maximum Gasteiger partial charge on any atom is 0.133 e. The summed E-state index contributed by atoms with van der Waals surface area (Å²) in [6.07, 6.45) is 4.27. The number of halogens is 1. The van der Waals surface area contributed by atoms with Crippen molar-refractivity contribution in [1.82, 2.24) is 15.0 Å². The van der Waals surface area contributed by atoms with E-state index >= 15 is 0 Å². The molecule has 0 aliphatic heterocycles. The van der Waals surface area contributed by atoms with Gasteiger partial charge >= 0.3 is 0 Å². The van der Waals surface area contributed by atoms with Gasteiger partial charge in [0.1, 0.15) is 5.82 Å². The van der Waals surface area contributed by atoms with Gasteiger partial charge in [-0.25, -0.2) is 9.97 Å². The Bertz CT molecular complexity index is 471. The Hall–Kier alpha value is -1.48. The smallest absolute Gasteiger partial charge is 0.133 e. The van der Waals surface area contributed by atoms with E-state index in [4.69, 9.17) is 11.6 Å². The summed E-state index contributed by atoms with van der Waals surface area (Å²) < 4.78 is 0. The van der Waals surface area contributed by atoms with E-state index in [1.165, 1.54) is 0 Å². The molecule has 3 nitrogen and oxygen atoms in total. The molecule has 0 aliphatic rings. The lowest BCUT2D eigenvalue weighted by atomic mass is 10.2. The molecule has 16 heavy (non-hydrogen) atoms. The fraction of sp³-hybridized carbons (Fsp3) is 0.250. The number of aromatic nitrogens is 3. The van der Waals surface area contributed by atoms with Crippen molar-refractivity contribution in [2.75, 3.05) is 0 Å². The Labute approximate surface area is 99.5 Å². The lowest BCUT2D eigenvalue weighted by molar-refractivity contribution is 0.909. The summed E-state index contributed by atoms with van der Waals surface area (Å²) in [7, 11) is 0. The summed E-state index contributed by atoms with van der Waals surface area (Å²) in [6.45, 7) is 1.95. The lowest BCUT2D eigenvalue weighted by Gasteiger charge is -2.03. The van der Waals surface area contributed by atoms with Gasteiger partial charge in [-0.2, -0.15) is 0 Å². The van der Waals surface area contributed by atoms with Crippen molar-refractivity contribution >= 4 is 11.6 Å². The zero-order valence-corrected chi connectivity index (χ0v) is 9.78. The van der Waals surface area contributed by atoms with Crippen molar-refractivity contribution < 1.29 is 0 Å². The van der Waals surface area contributed by atoms with E-state index in [2.05, 4.69) is 15.0 Å². The molecular formula is C12H12ClN3. The second kappa shape index (κ2) is 5.03. The molecule has 0 saturated heterocycles. The molecular weight excluding hydrogens is 222 g/mol. The van der Waals surface area contributed by atoms with Crippen LogP contribution in [0.25, 0.3) is 0 Å². The summed E-state index contributed by atoms with van der Waals surface area (Å²) in [5.74, 6) is 1.22. The van der Waals surface area contributed by atoms with E-state index < -0.39 is 0 Å². The van der Waals surface area contributed by atoms with Crippen molar-refractivity contribution in [2.24, 2.45) is 0 Å². The van der Waals surface area contributed by atoms with E-state index in [0.717, 1.165) is 22.8 Å². The third-order valence-electron chi connectivity index (χ3n) is 2.18. The number of alkyl halides is 1. The van der Waals surface area contributed by atoms with Gasteiger partial charge in [-0.15, -0.1) is 11.6 Å². The van der Waals surface area contributed by atoms with Crippen LogP contribution in [0.2, 0.25) is 0 Å². The molecule has 0 aliphatic carbocycles. The fourth-order valence-electron chi connectivity index (χ4n) is 1.53. The fourth-order valence-corrected chi connectivity index (χ4v) is 1.67. The molecule has 0 unspecified atom stereocenters. The summed E-state index contributed by atoms with van der Waals surface area (Å²) in [6, 6.07) is 5.83. The first-order chi connectivity index (χ1) is 7.78. The summed E-state index contributed by atoms with van der Waals surface area (Å²) in [5, 5.41) is 0. The number of hydrogen-bond donors (Lipinski definition) is 0. The van der Waals surface area contributed by atoms with Crippen LogP contribution in [0.1, 0.15) is 22.8 Å². The van der Waals surface area contributed by atoms with Crippen LogP contribution in [-0.2, 0) is 12.3 Å². The number of rotatable bonds is 3. The van der Waals surface area contributed by atoms with E-state index in [-0.39, 0.29) is 0 Å². The average molecular weight is 234 g/mol. The van der Waals surface area contributed by atoms with E-state index in [9.17, 15) is 0 Å². The highest BCUT2D eigenvalue weighted by Gasteiger charge is 2.03. The molecule has 0 N–H and O–H groups in total. The largest absolute Gasteiger partial charge is 0.264 e. The zero-order chi connectivity index (χ0) is 11.4. The monoisotopic (exact) mass is 233 g/mol. The van der Waals surface area contributed by atoms with Crippen LogP contribution in [0.15, 0.2) is 30.6 Å². The van der Waals surface area contributed by atoms with Gasteiger partial charge in [0, 0.05) is 24.5 Å². The Kier molecular flexibility index (Phi) is 3.47. The molecule has 0 fully saturated rings. The van der Waals surface area contributed by atoms with Crippen LogP contribution in [0, 0.1) is 6.92 Å². The van der Waals surface area contributed by atoms with Gasteiger partial charge in [0.25, 0.3) is 0 Å². The molecule has 2 aromatic rings. The van der Waals surface area contributed by atoms with Crippen molar-refractivity contribution in [3.63, 3.8) is 0 Å². The van der Waals surface area contributed by atoms with Gasteiger partial charge in [-0.05, 0) is 24.6 Å². The van der Waals surface area contributed by atoms with Crippen LogP contribution in [-0.4, -0.2) is 15.0 Å². The molecule has 0 radical (unpaired) electrons. The molecule has 2 rings (SSSR count). The zero-order valence-electron chi connectivity index (χ0n) is 9.02. The maximum atomic E-state index is 5.77. The standard InChI is InChI=1S/C12H12ClN3/c1-9-5-11(7-13)16-12(15-9)6-10-3-2-4-14-8-10/h2-5,8H,6-7H2,1H3. The third-order valence-corrected chi connectivity index (χ3v) is 2.45. The van der Waals surface area contributed by atoms with E-state index in [1.807, 2.05) is 31.3 Å². The van der Waals surface area contributed by atoms with Crippen molar-refractivity contribution in [3.05, 3.63) is 53.4 Å². The van der Waals surface area contributed by atoms with Crippen LogP contribution < -0.4 is 0 Å². The number of nitrogens with zero attached hydrogens (tertiary/aromatic N) is 3. The minimum atomic E-state index is 0.420. The Morgan fingerprint density at radius 3 is 2.88 bits per heavy atom. The Morgan fingerprint density at radius 1 is 1.31 bits per heavy atom. The average Bonchev–Trinajstić information content (AvgIpc) is 2.29. The topological polar surface area (TPSA) is 38.7 Å². The first kappa shape index (κ1) is 11.0. The molecule has 0 bridgehead atoms. The Balaban J connectivity index is 2.24. The minimum Gasteiger partial charge on any atom is -0.264 e. The molecule has 4 heteroatoms. The molecule has 2 heterocycles. The molecule has 2 aromatic heterocycles. The van der Waals surface area contributed by atoms with Crippen molar-refractivity contribution in [2.45, 2.75) is 19.2 Å². The van der Waals surface area contributed by atoms with Gasteiger partial charge < -0.3 is 0 Å². The molecule has 82 valence electrons. The first-order valence-electron chi connectivity index (χ1n) is 5.06. The highest BCUT2D eigenvalue weighted by molar-refractivity contribution is 6.16. The molecule has 0 amide bonds. The maximum absolute atomic E-state index is 5.77. The number of aryl methyl sites for hydroxylation is 1. The summed E-state index contributed by atoms with van der Waals surface area (Å²) >= 11 is 5.77. The van der Waals surface area contributed by atoms with Gasteiger partial charge in [0.15, 0.2) is 0 Å². The summed E-state index contributed by atoms with van der Waals surface area (Å²) in [4.78, 5) is 12.8. The van der Waals surface area contributed by atoms with Gasteiger partial charge in [-0.1, -0.05) is 6.07 Å². The van der Waals surface area contributed by atoms with Gasteiger partial charge in [0.05, 0.1) is 11.6 Å². The predicted octanol–water partition coefficient (Wildman–Crippen LogP) is 2.51. The van der Waals surface area contributed by atoms with Crippen LogP contribution in [0.4, 0.5) is 0 Å². The Morgan fingerprint density at radius 2 is 2.19 bits per heavy atom. The first-order valence-corrected chi connectivity index (χ1v) is 5.59. The highest BCUT2D eigenvalue weighted by Crippen LogP contribution is 2.08. The molecule has 0 spiro atoms. The highest BCUT2D eigenvalue weighted by atomic mass is 35.5. The second-order valence-corrected chi connectivity index (χ2v) is 3.86. The number of hydrogen-bond acceptors (Lipinski definition) is 3. The lowest BCUT2D eigenvalue weighted by Crippen LogP contribution is -2.01. The van der Waals surface area contributed by atoms with Crippen molar-refractivity contribution in [3.8, 4) is 0 Å². The molecule has 0 atom stereocenters. The number of pyridine rings is 1. The van der Waals surface area contributed by atoms with E-state index in [0.29, 0.717) is 12.3 Å². The molecule has 0 saturated carbocycles. The van der Waals surface area contributed by atoms with Crippen LogP contribution >= 0.6 is 11.6 Å². The van der Waals surface area contributed by atoms with Crippen LogP contribution in [0.5, 0.6) is 0 Å². The van der Waals surface area contributed by atoms with Gasteiger partial charge in [-0.3, -0.25) is 4.98 Å². The van der Waals surface area contributed by atoms with Crippen molar-refractivity contribution in [1.29, 1.82) is 0 Å². The second-order valence-electron chi connectivity index (χ2n) is 3.59. The third kappa shape index (κ3) is 2.76. The van der Waals surface area contributed by atoms with Gasteiger partial charge in [0.2, 0.25) is 0 Å². The normalized spacial score (nSPS) is 10.4. The quantitative estimate of drug-likeness (QED) is 0.765. The SMILES string of the molecule is Cc1cc(CCl)nc(Cc2cccnc2)n1. The summed E-state index contributed by atoms with van der Waals surface area (Å²) in [5.41, 5.74) is 2.92. The van der Waals surface area contributed by atoms with E-state index in [1.54, 1.807) is 6.20 Å². The minimum absolute atomic E-state index is 0.420. The van der Waals surface area contributed by atoms with Crippen LogP contribution in [0.3, 0.4) is 0 Å². The predicted molar refractivity (Wildman–Crippen MR) is 63.4 cm³/mol. The molecule has 0 aromatic carbocycles.